The van der Waals surface area contributed by atoms with Gasteiger partial charge in [0.05, 0.1) is 0 Å². The number of hydrogen-bond donors (Lipinski definition) is 3. The zero-order valence-corrected chi connectivity index (χ0v) is 16.6. The zero-order chi connectivity index (χ0) is 18.7. The number of allylic oxidation sites excluding steroid dienone is 2. The lowest BCUT2D eigenvalue weighted by molar-refractivity contribution is 0.266. The Morgan fingerprint density at radius 2 is 1.81 bits per heavy atom. The summed E-state index contributed by atoms with van der Waals surface area (Å²) in [5, 5.41) is 10.6. The number of rotatable bonds is 2. The molecule has 1 aromatic rings. The average molecular weight is 367 g/mol. The molecule has 27 heavy (non-hydrogen) atoms. The highest BCUT2D eigenvalue weighted by Gasteiger charge is 2.07. The van der Waals surface area contributed by atoms with E-state index in [1.54, 1.807) is 0 Å². The summed E-state index contributed by atoms with van der Waals surface area (Å²) < 4.78 is 0. The van der Waals surface area contributed by atoms with Gasteiger partial charge in [0.1, 0.15) is 0 Å². The van der Waals surface area contributed by atoms with Crippen LogP contribution in [0.25, 0.3) is 0 Å². The first-order valence-corrected chi connectivity index (χ1v) is 10.3. The van der Waals surface area contributed by atoms with Gasteiger partial charge in [0.25, 0.3) is 0 Å². The third kappa shape index (κ3) is 7.33. The van der Waals surface area contributed by atoms with Crippen LogP contribution in [0.15, 0.2) is 59.8 Å². The third-order valence-electron chi connectivity index (χ3n) is 5.14. The van der Waals surface area contributed by atoms with E-state index in [1.807, 2.05) is 0 Å². The van der Waals surface area contributed by atoms with E-state index < -0.39 is 0 Å². The molecule has 1 aromatic carbocycles. The predicted molar refractivity (Wildman–Crippen MR) is 115 cm³/mol. The van der Waals surface area contributed by atoms with Crippen molar-refractivity contribution in [2.24, 2.45) is 0 Å². The fourth-order valence-electron chi connectivity index (χ4n) is 3.50. The normalized spacial score (nSPS) is 23.6. The Morgan fingerprint density at radius 3 is 2.67 bits per heavy atom. The van der Waals surface area contributed by atoms with Crippen molar-refractivity contribution in [2.45, 2.75) is 26.3 Å². The minimum atomic E-state index is 0.949. The molecule has 2 aliphatic rings. The predicted octanol–water partition coefficient (Wildman–Crippen LogP) is 2.74. The zero-order valence-electron chi connectivity index (χ0n) is 16.6. The molecule has 0 atom stereocenters. The lowest BCUT2D eigenvalue weighted by atomic mass is 10.0. The summed E-state index contributed by atoms with van der Waals surface area (Å²) in [6, 6.07) is 8.93. The highest BCUT2D eigenvalue weighted by Crippen LogP contribution is 2.15. The fraction of sp³-hybridized carbons (Fsp3) is 0.478. The Kier molecular flexibility index (Phi) is 8.15. The summed E-state index contributed by atoms with van der Waals surface area (Å²) in [6.45, 7) is 10.3. The highest BCUT2D eigenvalue weighted by molar-refractivity contribution is 5.29. The number of benzene rings is 1. The molecule has 0 amide bonds. The Hall–Kier alpha value is -1.88. The number of nitrogens with one attached hydrogen (secondary N) is 3. The van der Waals surface area contributed by atoms with Crippen molar-refractivity contribution < 1.29 is 0 Å². The van der Waals surface area contributed by atoms with Crippen molar-refractivity contribution >= 4 is 0 Å². The summed E-state index contributed by atoms with van der Waals surface area (Å²) in [6.07, 6.45) is 11.2. The standard InChI is InChI=1S/C23H34N4/c1-20-5-7-21(8-6-20)19-27-14-12-24-10-3-2-4-22-16-23(18-26-17-22)9-11-25-13-15-27/h2,4-9,17,24-26H,3,10-16,18-19H2,1H3/b4-2-,23-9-. The van der Waals surface area contributed by atoms with Crippen LogP contribution in [0.3, 0.4) is 0 Å². The maximum atomic E-state index is 3.59. The maximum Gasteiger partial charge on any atom is 0.0358 e. The second-order valence-corrected chi connectivity index (χ2v) is 7.55. The van der Waals surface area contributed by atoms with Gasteiger partial charge in [0, 0.05) is 52.0 Å². The number of hydrogen-bond acceptors (Lipinski definition) is 4. The van der Waals surface area contributed by atoms with Gasteiger partial charge in [-0.2, -0.15) is 0 Å². The Balaban J connectivity index is 1.56. The highest BCUT2D eigenvalue weighted by atomic mass is 15.1. The van der Waals surface area contributed by atoms with E-state index in [0.29, 0.717) is 0 Å². The first-order chi connectivity index (χ1) is 13.3. The molecule has 0 saturated heterocycles. The molecule has 0 aromatic heterocycles. The van der Waals surface area contributed by atoms with Gasteiger partial charge >= 0.3 is 0 Å². The molecule has 0 spiro atoms. The summed E-state index contributed by atoms with van der Waals surface area (Å²) in [5.41, 5.74) is 5.58. The van der Waals surface area contributed by atoms with Crippen LogP contribution in [0.4, 0.5) is 0 Å². The largest absolute Gasteiger partial charge is 0.387 e. The average Bonchev–Trinajstić information content (AvgIpc) is 2.68. The second kappa shape index (κ2) is 11.1. The van der Waals surface area contributed by atoms with E-state index in [2.05, 4.69) is 76.5 Å². The van der Waals surface area contributed by atoms with E-state index >= 15 is 0 Å². The Bertz CT molecular complexity index is 657. The van der Waals surface area contributed by atoms with Gasteiger partial charge < -0.3 is 16.0 Å². The van der Waals surface area contributed by atoms with Crippen molar-refractivity contribution in [2.75, 3.05) is 45.8 Å². The lowest BCUT2D eigenvalue weighted by Gasteiger charge is -2.23. The smallest absolute Gasteiger partial charge is 0.0358 e. The van der Waals surface area contributed by atoms with Crippen LogP contribution in [0.2, 0.25) is 0 Å². The number of fused-ring (bicyclic) bond motifs is 2. The Labute approximate surface area is 164 Å². The summed E-state index contributed by atoms with van der Waals surface area (Å²) in [4.78, 5) is 2.54. The van der Waals surface area contributed by atoms with Crippen molar-refractivity contribution in [3.8, 4) is 0 Å². The van der Waals surface area contributed by atoms with Gasteiger partial charge in [0.2, 0.25) is 0 Å². The lowest BCUT2D eigenvalue weighted by Crippen LogP contribution is -2.37. The molecule has 2 heterocycles. The van der Waals surface area contributed by atoms with Crippen LogP contribution in [-0.2, 0) is 6.54 Å². The summed E-state index contributed by atoms with van der Waals surface area (Å²) in [5.74, 6) is 0. The molecule has 0 aliphatic carbocycles. The van der Waals surface area contributed by atoms with Crippen LogP contribution < -0.4 is 16.0 Å². The monoisotopic (exact) mass is 366 g/mol. The summed E-state index contributed by atoms with van der Waals surface area (Å²) >= 11 is 0. The first-order valence-electron chi connectivity index (χ1n) is 10.3. The topological polar surface area (TPSA) is 39.3 Å². The van der Waals surface area contributed by atoms with E-state index in [1.165, 1.54) is 22.3 Å². The van der Waals surface area contributed by atoms with Gasteiger partial charge in [-0.1, -0.05) is 48.1 Å². The molecule has 146 valence electrons. The number of aryl methyl sites for hydroxylation is 1. The van der Waals surface area contributed by atoms with E-state index in [9.17, 15) is 0 Å². The van der Waals surface area contributed by atoms with Crippen LogP contribution >= 0.6 is 0 Å². The summed E-state index contributed by atoms with van der Waals surface area (Å²) in [7, 11) is 0. The molecule has 4 heteroatoms. The molecule has 3 rings (SSSR count). The van der Waals surface area contributed by atoms with Gasteiger partial charge in [-0.05, 0) is 43.0 Å². The van der Waals surface area contributed by atoms with E-state index in [-0.39, 0.29) is 0 Å². The molecule has 0 radical (unpaired) electrons. The fourth-order valence-corrected chi connectivity index (χ4v) is 3.50. The van der Waals surface area contributed by atoms with Crippen LogP contribution in [-0.4, -0.2) is 50.7 Å². The van der Waals surface area contributed by atoms with Crippen LogP contribution in [0.1, 0.15) is 24.0 Å². The third-order valence-corrected chi connectivity index (χ3v) is 5.14. The molecular formula is C23H34N4. The molecule has 3 N–H and O–H groups in total. The molecule has 2 bridgehead atoms. The molecule has 0 unspecified atom stereocenters. The van der Waals surface area contributed by atoms with Gasteiger partial charge in [-0.3, -0.25) is 4.90 Å². The van der Waals surface area contributed by atoms with Crippen LogP contribution in [0, 0.1) is 6.92 Å². The van der Waals surface area contributed by atoms with Crippen molar-refractivity contribution in [1.29, 1.82) is 0 Å². The van der Waals surface area contributed by atoms with Gasteiger partial charge in [-0.25, -0.2) is 0 Å². The van der Waals surface area contributed by atoms with Gasteiger partial charge in [0.15, 0.2) is 0 Å². The maximum absolute atomic E-state index is 3.59. The van der Waals surface area contributed by atoms with Crippen molar-refractivity contribution in [3.05, 3.63) is 71.0 Å². The van der Waals surface area contributed by atoms with E-state index in [4.69, 9.17) is 0 Å². The molecule has 0 saturated carbocycles. The minimum Gasteiger partial charge on any atom is -0.387 e. The number of nitrogens with zero attached hydrogens (tertiary/aromatic N) is 1. The van der Waals surface area contributed by atoms with E-state index in [0.717, 1.165) is 65.2 Å². The Morgan fingerprint density at radius 1 is 1.00 bits per heavy atom. The first kappa shape index (κ1) is 19.9. The second-order valence-electron chi connectivity index (χ2n) is 7.55. The SMILES string of the molecule is Cc1ccc(CN2CCNC/C=C3\CNC=C(/C=C\CCNCC2)C3)cc1. The van der Waals surface area contributed by atoms with Gasteiger partial charge in [-0.15, -0.1) is 0 Å². The minimum absolute atomic E-state index is 0.949. The van der Waals surface area contributed by atoms with Crippen LogP contribution in [0.5, 0.6) is 0 Å². The molecule has 0 fully saturated rings. The van der Waals surface area contributed by atoms with Crippen molar-refractivity contribution in [1.82, 2.24) is 20.9 Å². The molecule has 2 aliphatic heterocycles. The molecule has 4 nitrogen and oxygen atoms in total. The van der Waals surface area contributed by atoms with Crippen molar-refractivity contribution in [3.63, 3.8) is 0 Å². The molecular weight excluding hydrogens is 332 g/mol. The quantitative estimate of drug-likeness (QED) is 0.704.